The molecule has 5 N–H and O–H groups in total. The topological polar surface area (TPSA) is 114 Å². The highest BCUT2D eigenvalue weighted by Crippen LogP contribution is 2.15. The molecule has 1 fully saturated rings. The molecule has 1 rings (SSSR count). The third kappa shape index (κ3) is 8.33. The summed E-state index contributed by atoms with van der Waals surface area (Å²) in [6.07, 6.45) is 3.20. The molecule has 0 aromatic carbocycles. The van der Waals surface area contributed by atoms with Crippen LogP contribution in [-0.2, 0) is 0 Å². The first-order valence-electron chi connectivity index (χ1n) is 8.86. The van der Waals surface area contributed by atoms with E-state index in [4.69, 9.17) is 0 Å². The average Bonchev–Trinajstić information content (AvgIpc) is 2.61. The zero-order valence-electron chi connectivity index (χ0n) is 15.0. The molecule has 144 valence electrons. The van der Waals surface area contributed by atoms with Gasteiger partial charge in [0.05, 0.1) is 12.2 Å². The van der Waals surface area contributed by atoms with Crippen LogP contribution in [0.1, 0.15) is 33.1 Å². The van der Waals surface area contributed by atoms with Crippen LogP contribution in [-0.4, -0.2) is 76.0 Å². The van der Waals surface area contributed by atoms with Crippen molar-refractivity contribution in [2.24, 2.45) is 4.99 Å². The minimum atomic E-state index is -1.09. The number of aliphatic hydroxyl groups excluding tert-OH is 3. The lowest BCUT2D eigenvalue weighted by molar-refractivity contribution is -0.0941. The number of carbonyl (C=O) groups excluding carboxylic acids is 1. The molecule has 0 aliphatic carbocycles. The van der Waals surface area contributed by atoms with Gasteiger partial charge in [-0.15, -0.1) is 0 Å². The fraction of sp³-hybridized carbons (Fsp3) is 0.765. The van der Waals surface area contributed by atoms with E-state index in [1.54, 1.807) is 11.8 Å². The number of thioether (sulfide) groups is 1. The smallest absolute Gasteiger partial charge is 0.341 e. The number of aliphatic hydroxyl groups is 3. The largest absolute Gasteiger partial charge is 0.389 e. The molecule has 0 aromatic heterocycles. The van der Waals surface area contributed by atoms with Crippen molar-refractivity contribution in [1.82, 2.24) is 10.6 Å². The highest BCUT2D eigenvalue weighted by molar-refractivity contribution is 7.99. The minimum Gasteiger partial charge on any atom is -0.389 e. The Bertz CT molecular complexity index is 459. The molecule has 25 heavy (non-hydrogen) atoms. The number of allylic oxidation sites excluding steroid dienone is 2. The van der Waals surface area contributed by atoms with Crippen LogP contribution in [0.2, 0.25) is 0 Å². The second-order valence-corrected chi connectivity index (χ2v) is 7.19. The zero-order chi connectivity index (χ0) is 18.7. The van der Waals surface area contributed by atoms with E-state index in [0.717, 1.165) is 30.1 Å². The van der Waals surface area contributed by atoms with E-state index in [1.165, 1.54) is 0 Å². The first kappa shape index (κ1) is 22.1. The van der Waals surface area contributed by atoms with Crippen LogP contribution >= 0.6 is 11.8 Å². The Hall–Kier alpha value is -0.930. The van der Waals surface area contributed by atoms with Crippen LogP contribution in [0.25, 0.3) is 0 Å². The molecular formula is C17H31N3O4S. The number of carbonyl (C=O) groups is 1. The Labute approximate surface area is 154 Å². The van der Waals surface area contributed by atoms with Crippen molar-refractivity contribution < 1.29 is 20.1 Å². The van der Waals surface area contributed by atoms with Gasteiger partial charge in [0.1, 0.15) is 6.10 Å². The predicted octanol–water partition coefficient (Wildman–Crippen LogP) is 0.691. The van der Waals surface area contributed by atoms with Gasteiger partial charge in [-0.2, -0.15) is 16.8 Å². The van der Waals surface area contributed by atoms with Crippen molar-refractivity contribution >= 4 is 23.5 Å². The van der Waals surface area contributed by atoms with Gasteiger partial charge in [-0.05, 0) is 31.1 Å². The lowest BCUT2D eigenvalue weighted by atomic mass is 9.94. The van der Waals surface area contributed by atoms with Gasteiger partial charge >= 0.3 is 6.03 Å². The first-order valence-corrected chi connectivity index (χ1v) is 10.0. The maximum Gasteiger partial charge on any atom is 0.341 e. The second-order valence-electron chi connectivity index (χ2n) is 5.96. The number of β-amino-alcohol motifs (C(OH)–C–C–N with tert-alkyl or cyclic N) is 1. The van der Waals surface area contributed by atoms with Crippen molar-refractivity contribution in [3.05, 3.63) is 12.2 Å². The van der Waals surface area contributed by atoms with Crippen LogP contribution in [0.3, 0.4) is 0 Å². The second kappa shape index (κ2) is 12.4. The number of aliphatic imine (C=N–C) groups is 1. The number of urea groups is 1. The number of hydrogen-bond donors (Lipinski definition) is 5. The van der Waals surface area contributed by atoms with Crippen molar-refractivity contribution in [3.63, 3.8) is 0 Å². The summed E-state index contributed by atoms with van der Waals surface area (Å²) < 4.78 is 0. The van der Waals surface area contributed by atoms with Crippen molar-refractivity contribution in [3.8, 4) is 0 Å². The maximum absolute atomic E-state index is 11.7. The Morgan fingerprint density at radius 2 is 2.04 bits per heavy atom. The molecular weight excluding hydrogens is 342 g/mol. The summed E-state index contributed by atoms with van der Waals surface area (Å²) in [6, 6.07) is -0.540. The number of piperidine rings is 1. The minimum absolute atomic E-state index is 0.220. The quantitative estimate of drug-likeness (QED) is 0.300. The number of nitrogens with one attached hydrogen (secondary N) is 2. The van der Waals surface area contributed by atoms with Gasteiger partial charge in [0, 0.05) is 30.6 Å². The fourth-order valence-corrected chi connectivity index (χ4v) is 3.32. The van der Waals surface area contributed by atoms with Crippen LogP contribution in [0.4, 0.5) is 4.79 Å². The monoisotopic (exact) mass is 373 g/mol. The fourth-order valence-electron chi connectivity index (χ4n) is 2.45. The lowest BCUT2D eigenvalue weighted by Crippen LogP contribution is -2.59. The van der Waals surface area contributed by atoms with Crippen molar-refractivity contribution in [1.29, 1.82) is 0 Å². The van der Waals surface area contributed by atoms with Gasteiger partial charge in [-0.1, -0.05) is 19.9 Å². The summed E-state index contributed by atoms with van der Waals surface area (Å²) in [7, 11) is 0. The molecule has 0 bridgehead atoms. The van der Waals surface area contributed by atoms with E-state index in [1.807, 2.05) is 26.0 Å². The zero-order valence-corrected chi connectivity index (χ0v) is 15.8. The SMILES string of the molecule is CC/C=C\C(CC)=NC(=O)NCCSCCC1NCC(O)C(O)C1O. The molecule has 0 saturated carbocycles. The Morgan fingerprint density at radius 1 is 1.28 bits per heavy atom. The predicted molar refractivity (Wildman–Crippen MR) is 102 cm³/mol. The highest BCUT2D eigenvalue weighted by atomic mass is 32.2. The third-order valence-corrected chi connectivity index (χ3v) is 5.01. The number of rotatable bonds is 9. The number of nitrogens with zero attached hydrogens (tertiary/aromatic N) is 1. The molecule has 8 heteroatoms. The van der Waals surface area contributed by atoms with Gasteiger partial charge < -0.3 is 26.0 Å². The molecule has 1 aliphatic rings. The van der Waals surface area contributed by atoms with E-state index < -0.39 is 18.3 Å². The van der Waals surface area contributed by atoms with Crippen LogP contribution in [0.5, 0.6) is 0 Å². The van der Waals surface area contributed by atoms with Crippen molar-refractivity contribution in [2.45, 2.75) is 57.5 Å². The molecule has 1 saturated heterocycles. The molecule has 0 radical (unpaired) electrons. The Morgan fingerprint density at radius 3 is 2.72 bits per heavy atom. The molecule has 1 aliphatic heterocycles. The number of amides is 2. The summed E-state index contributed by atoms with van der Waals surface area (Å²) >= 11 is 1.66. The highest BCUT2D eigenvalue weighted by Gasteiger charge is 2.35. The van der Waals surface area contributed by atoms with Gasteiger partial charge in [0.25, 0.3) is 0 Å². The molecule has 0 aromatic rings. The summed E-state index contributed by atoms with van der Waals surface area (Å²) in [5.74, 6) is 1.54. The van der Waals surface area contributed by atoms with Gasteiger partial charge in [-0.25, -0.2) is 4.79 Å². The number of hydrogen-bond acceptors (Lipinski definition) is 6. The Kier molecular flexibility index (Phi) is 11.0. The molecule has 4 atom stereocenters. The summed E-state index contributed by atoms with van der Waals surface area (Å²) in [6.45, 7) is 4.81. The summed E-state index contributed by atoms with van der Waals surface area (Å²) in [5.41, 5.74) is 0.769. The summed E-state index contributed by atoms with van der Waals surface area (Å²) in [4.78, 5) is 15.8. The lowest BCUT2D eigenvalue weighted by Gasteiger charge is -2.36. The third-order valence-electron chi connectivity index (χ3n) is 3.99. The van der Waals surface area contributed by atoms with E-state index >= 15 is 0 Å². The molecule has 7 nitrogen and oxygen atoms in total. The van der Waals surface area contributed by atoms with E-state index in [-0.39, 0.29) is 18.6 Å². The van der Waals surface area contributed by atoms with E-state index in [9.17, 15) is 20.1 Å². The molecule has 4 unspecified atom stereocenters. The van der Waals surface area contributed by atoms with E-state index in [0.29, 0.717) is 13.0 Å². The van der Waals surface area contributed by atoms with Gasteiger partial charge in [0.2, 0.25) is 0 Å². The van der Waals surface area contributed by atoms with Gasteiger partial charge in [0.15, 0.2) is 0 Å². The van der Waals surface area contributed by atoms with E-state index in [2.05, 4.69) is 15.6 Å². The normalized spacial score (nSPS) is 27.6. The van der Waals surface area contributed by atoms with Crippen LogP contribution < -0.4 is 10.6 Å². The molecule has 2 amide bonds. The molecule has 0 spiro atoms. The van der Waals surface area contributed by atoms with Crippen LogP contribution in [0, 0.1) is 0 Å². The summed E-state index contributed by atoms with van der Waals surface area (Å²) in [5, 5.41) is 34.8. The maximum atomic E-state index is 11.7. The standard InChI is InChI=1S/C17H31N3O4S/c1-3-5-6-12(4-2)20-17(24)18-8-10-25-9-7-13-15(22)16(23)14(21)11-19-13/h5-6,13-16,19,21-23H,3-4,7-11H2,1-2H3,(H,18,24)/b6-5-,20-12?. The van der Waals surface area contributed by atoms with Gasteiger partial charge in [-0.3, -0.25) is 0 Å². The first-order chi connectivity index (χ1) is 12.0. The Balaban J connectivity index is 2.16. The van der Waals surface area contributed by atoms with Crippen molar-refractivity contribution in [2.75, 3.05) is 24.6 Å². The average molecular weight is 374 g/mol. The molecule has 1 heterocycles. The van der Waals surface area contributed by atoms with Crippen LogP contribution in [0.15, 0.2) is 17.1 Å².